The molecule has 0 aliphatic heterocycles. The highest BCUT2D eigenvalue weighted by Crippen LogP contribution is 2.17. The molecule has 0 aliphatic carbocycles. The lowest BCUT2D eigenvalue weighted by atomic mass is 10.2. The predicted octanol–water partition coefficient (Wildman–Crippen LogP) is 1.86. The molecule has 0 saturated heterocycles. The Balaban J connectivity index is 2.63. The Morgan fingerprint density at radius 1 is 1.50 bits per heavy atom. The SMILES string of the molecule is C=CCNC(=O)C(C)Nc1cccc(N(C)C)c1. The van der Waals surface area contributed by atoms with Crippen molar-refractivity contribution in [2.24, 2.45) is 0 Å². The van der Waals surface area contributed by atoms with Crippen molar-refractivity contribution in [3.63, 3.8) is 0 Å². The lowest BCUT2D eigenvalue weighted by Crippen LogP contribution is -2.37. The van der Waals surface area contributed by atoms with E-state index in [1.54, 1.807) is 6.08 Å². The van der Waals surface area contributed by atoms with Gasteiger partial charge in [-0.25, -0.2) is 0 Å². The average Bonchev–Trinajstić information content (AvgIpc) is 2.36. The average molecular weight is 247 g/mol. The van der Waals surface area contributed by atoms with Crippen LogP contribution in [0, 0.1) is 0 Å². The molecule has 1 atom stereocenters. The van der Waals surface area contributed by atoms with Crippen molar-refractivity contribution in [3.05, 3.63) is 36.9 Å². The number of carbonyl (C=O) groups excluding carboxylic acids is 1. The maximum Gasteiger partial charge on any atom is 0.242 e. The summed E-state index contributed by atoms with van der Waals surface area (Å²) in [7, 11) is 3.97. The monoisotopic (exact) mass is 247 g/mol. The van der Waals surface area contributed by atoms with Crippen LogP contribution in [0.5, 0.6) is 0 Å². The summed E-state index contributed by atoms with van der Waals surface area (Å²) >= 11 is 0. The van der Waals surface area contributed by atoms with Crippen molar-refractivity contribution in [1.82, 2.24) is 5.32 Å². The van der Waals surface area contributed by atoms with E-state index in [2.05, 4.69) is 17.2 Å². The molecule has 18 heavy (non-hydrogen) atoms. The molecule has 0 saturated carbocycles. The van der Waals surface area contributed by atoms with Gasteiger partial charge in [0.05, 0.1) is 0 Å². The molecular weight excluding hydrogens is 226 g/mol. The second-order valence-corrected chi connectivity index (χ2v) is 4.34. The van der Waals surface area contributed by atoms with Crippen molar-refractivity contribution in [3.8, 4) is 0 Å². The molecule has 1 unspecified atom stereocenters. The molecule has 0 fully saturated rings. The first kappa shape index (κ1) is 14.1. The van der Waals surface area contributed by atoms with Crippen LogP contribution in [0.1, 0.15) is 6.92 Å². The fourth-order valence-corrected chi connectivity index (χ4v) is 1.52. The summed E-state index contributed by atoms with van der Waals surface area (Å²) in [5, 5.41) is 5.93. The van der Waals surface area contributed by atoms with Crippen LogP contribution in [0.3, 0.4) is 0 Å². The zero-order valence-electron chi connectivity index (χ0n) is 11.2. The zero-order valence-corrected chi connectivity index (χ0v) is 11.2. The number of hydrogen-bond donors (Lipinski definition) is 2. The van der Waals surface area contributed by atoms with Gasteiger partial charge in [0.15, 0.2) is 0 Å². The number of carbonyl (C=O) groups is 1. The topological polar surface area (TPSA) is 44.4 Å². The van der Waals surface area contributed by atoms with Crippen molar-refractivity contribution >= 4 is 17.3 Å². The molecule has 0 spiro atoms. The number of hydrogen-bond acceptors (Lipinski definition) is 3. The molecule has 0 heterocycles. The van der Waals surface area contributed by atoms with Crippen LogP contribution in [0.4, 0.5) is 11.4 Å². The highest BCUT2D eigenvalue weighted by Gasteiger charge is 2.11. The molecular formula is C14H21N3O. The largest absolute Gasteiger partial charge is 0.378 e. The van der Waals surface area contributed by atoms with Crippen LogP contribution in [0.2, 0.25) is 0 Å². The van der Waals surface area contributed by atoms with Crippen LogP contribution in [0.15, 0.2) is 36.9 Å². The fourth-order valence-electron chi connectivity index (χ4n) is 1.52. The Bertz CT molecular complexity index is 415. The molecule has 1 amide bonds. The van der Waals surface area contributed by atoms with Gasteiger partial charge in [0, 0.05) is 32.0 Å². The third-order valence-corrected chi connectivity index (χ3v) is 2.56. The van der Waals surface area contributed by atoms with E-state index >= 15 is 0 Å². The minimum atomic E-state index is -0.276. The summed E-state index contributed by atoms with van der Waals surface area (Å²) in [6.45, 7) is 5.89. The van der Waals surface area contributed by atoms with Gasteiger partial charge in [-0.05, 0) is 25.1 Å². The molecule has 0 aliphatic rings. The molecule has 1 rings (SSSR count). The van der Waals surface area contributed by atoms with E-state index in [9.17, 15) is 4.79 Å². The third-order valence-electron chi connectivity index (χ3n) is 2.56. The second-order valence-electron chi connectivity index (χ2n) is 4.34. The van der Waals surface area contributed by atoms with Gasteiger partial charge in [0.2, 0.25) is 5.91 Å². The summed E-state index contributed by atoms with van der Waals surface area (Å²) in [5.74, 6) is -0.0369. The number of benzene rings is 1. The van der Waals surface area contributed by atoms with Crippen LogP contribution in [-0.4, -0.2) is 32.6 Å². The smallest absolute Gasteiger partial charge is 0.242 e. The third kappa shape index (κ3) is 4.13. The van der Waals surface area contributed by atoms with Crippen LogP contribution in [0.25, 0.3) is 0 Å². The van der Waals surface area contributed by atoms with Gasteiger partial charge in [-0.3, -0.25) is 4.79 Å². The van der Waals surface area contributed by atoms with Crippen molar-refractivity contribution in [1.29, 1.82) is 0 Å². The molecule has 2 N–H and O–H groups in total. The number of anilines is 2. The van der Waals surface area contributed by atoms with Gasteiger partial charge < -0.3 is 15.5 Å². The second kappa shape index (κ2) is 6.69. The van der Waals surface area contributed by atoms with Crippen molar-refractivity contribution in [2.75, 3.05) is 30.9 Å². The van der Waals surface area contributed by atoms with Gasteiger partial charge in [-0.2, -0.15) is 0 Å². The van der Waals surface area contributed by atoms with Crippen molar-refractivity contribution < 1.29 is 4.79 Å². The summed E-state index contributed by atoms with van der Waals surface area (Å²) in [4.78, 5) is 13.7. The van der Waals surface area contributed by atoms with Crippen LogP contribution >= 0.6 is 0 Å². The maximum atomic E-state index is 11.7. The standard InChI is InChI=1S/C14H21N3O/c1-5-9-15-14(18)11(2)16-12-7-6-8-13(10-12)17(3)4/h5-8,10-11,16H,1,9H2,2-4H3,(H,15,18). The normalized spacial score (nSPS) is 11.5. The minimum absolute atomic E-state index is 0.0369. The summed E-state index contributed by atoms with van der Waals surface area (Å²) in [6.07, 6.45) is 1.66. The lowest BCUT2D eigenvalue weighted by molar-refractivity contribution is -0.121. The van der Waals surface area contributed by atoms with Gasteiger partial charge in [0.1, 0.15) is 6.04 Å². The number of amides is 1. The Hall–Kier alpha value is -1.97. The van der Waals surface area contributed by atoms with Crippen molar-refractivity contribution in [2.45, 2.75) is 13.0 Å². The van der Waals surface area contributed by atoms with E-state index in [1.807, 2.05) is 50.2 Å². The molecule has 0 aromatic heterocycles. The zero-order chi connectivity index (χ0) is 13.5. The van der Waals surface area contributed by atoms with Gasteiger partial charge >= 0.3 is 0 Å². The van der Waals surface area contributed by atoms with Gasteiger partial charge in [-0.1, -0.05) is 12.1 Å². The lowest BCUT2D eigenvalue weighted by Gasteiger charge is -2.17. The van der Waals surface area contributed by atoms with Crippen LogP contribution < -0.4 is 15.5 Å². The minimum Gasteiger partial charge on any atom is -0.378 e. The highest BCUT2D eigenvalue weighted by molar-refractivity contribution is 5.84. The van der Waals surface area contributed by atoms with Gasteiger partial charge in [0.25, 0.3) is 0 Å². The van der Waals surface area contributed by atoms with E-state index in [4.69, 9.17) is 0 Å². The Morgan fingerprint density at radius 3 is 2.83 bits per heavy atom. The van der Waals surface area contributed by atoms with E-state index in [1.165, 1.54) is 0 Å². The molecule has 4 heteroatoms. The summed E-state index contributed by atoms with van der Waals surface area (Å²) in [5.41, 5.74) is 2.03. The molecule has 4 nitrogen and oxygen atoms in total. The van der Waals surface area contributed by atoms with E-state index in [0.29, 0.717) is 6.54 Å². The first-order chi connectivity index (χ1) is 8.54. The van der Waals surface area contributed by atoms with E-state index in [-0.39, 0.29) is 11.9 Å². The number of rotatable bonds is 6. The van der Waals surface area contributed by atoms with Crippen LogP contribution in [-0.2, 0) is 4.79 Å². The summed E-state index contributed by atoms with van der Waals surface area (Å²) in [6, 6.07) is 7.67. The number of nitrogens with one attached hydrogen (secondary N) is 2. The molecule has 0 radical (unpaired) electrons. The first-order valence-corrected chi connectivity index (χ1v) is 5.97. The predicted molar refractivity (Wildman–Crippen MR) is 77.1 cm³/mol. The van der Waals surface area contributed by atoms with E-state index in [0.717, 1.165) is 11.4 Å². The summed E-state index contributed by atoms with van der Waals surface area (Å²) < 4.78 is 0. The molecule has 98 valence electrons. The van der Waals surface area contributed by atoms with E-state index < -0.39 is 0 Å². The maximum absolute atomic E-state index is 11.7. The van der Waals surface area contributed by atoms with Gasteiger partial charge in [-0.15, -0.1) is 6.58 Å². The highest BCUT2D eigenvalue weighted by atomic mass is 16.2. The molecule has 1 aromatic rings. The number of nitrogens with zero attached hydrogens (tertiary/aromatic N) is 1. The Kier molecular flexibility index (Phi) is 5.24. The molecule has 1 aromatic carbocycles. The quantitative estimate of drug-likeness (QED) is 0.754. The Labute approximate surface area is 109 Å². The fraction of sp³-hybridized carbons (Fsp3) is 0.357. The Morgan fingerprint density at radius 2 is 2.22 bits per heavy atom. The first-order valence-electron chi connectivity index (χ1n) is 5.97. The molecule has 0 bridgehead atoms.